The van der Waals surface area contributed by atoms with Gasteiger partial charge in [-0.1, -0.05) is 6.07 Å². The van der Waals surface area contributed by atoms with Gasteiger partial charge >= 0.3 is 0 Å². The van der Waals surface area contributed by atoms with Gasteiger partial charge in [0.2, 0.25) is 5.91 Å². The summed E-state index contributed by atoms with van der Waals surface area (Å²) in [6.45, 7) is 3.71. The van der Waals surface area contributed by atoms with Crippen LogP contribution < -0.4 is 11.1 Å². The molecule has 4 nitrogen and oxygen atoms in total. The first-order valence-electron chi connectivity index (χ1n) is 5.43. The molecule has 1 fully saturated rings. The second-order valence-corrected chi connectivity index (χ2v) is 4.51. The van der Waals surface area contributed by atoms with Crippen molar-refractivity contribution in [2.45, 2.75) is 19.1 Å². The summed E-state index contributed by atoms with van der Waals surface area (Å²) in [4.78, 5) is 10.9. The van der Waals surface area contributed by atoms with E-state index in [1.54, 1.807) is 0 Å². The van der Waals surface area contributed by atoms with Crippen molar-refractivity contribution >= 4 is 5.91 Å². The van der Waals surface area contributed by atoms with E-state index in [4.69, 9.17) is 10.5 Å². The number of hydrogen-bond acceptors (Lipinski definition) is 3. The molecule has 1 aliphatic rings. The molecule has 3 N–H and O–H groups in total. The molecule has 0 unspecified atom stereocenters. The molecule has 0 radical (unpaired) electrons. The van der Waals surface area contributed by atoms with E-state index in [0.717, 1.165) is 19.2 Å². The van der Waals surface area contributed by atoms with Gasteiger partial charge in [-0.05, 0) is 19.1 Å². The number of nitrogens with one attached hydrogen (secondary N) is 1. The quantitative estimate of drug-likeness (QED) is 0.815. The lowest BCUT2D eigenvalue weighted by atomic mass is 10.00. The second kappa shape index (κ2) is 4.43. The summed E-state index contributed by atoms with van der Waals surface area (Å²) in [6, 6.07) is 4.18. The molecule has 1 aromatic carbocycles. The maximum Gasteiger partial charge on any atom is 0.248 e. The van der Waals surface area contributed by atoms with Crippen LogP contribution >= 0.6 is 0 Å². The lowest BCUT2D eigenvalue weighted by Gasteiger charge is -2.39. The highest BCUT2D eigenvalue weighted by Crippen LogP contribution is 2.19. The molecule has 0 atom stereocenters. The number of primary amides is 1. The number of benzene rings is 1. The Balaban J connectivity index is 2.03. The number of ether oxygens (including phenoxy) is 1. The monoisotopic (exact) mass is 238 g/mol. The van der Waals surface area contributed by atoms with E-state index in [1.807, 2.05) is 6.92 Å². The molecular weight excluding hydrogens is 223 g/mol. The molecule has 1 aliphatic heterocycles. The fourth-order valence-corrected chi connectivity index (χ4v) is 1.65. The Hall–Kier alpha value is -1.46. The van der Waals surface area contributed by atoms with E-state index in [9.17, 15) is 9.18 Å². The second-order valence-electron chi connectivity index (χ2n) is 4.51. The molecule has 1 heterocycles. The van der Waals surface area contributed by atoms with Gasteiger partial charge in [0.15, 0.2) is 0 Å². The van der Waals surface area contributed by atoms with Crippen molar-refractivity contribution in [2.75, 3.05) is 13.1 Å². The summed E-state index contributed by atoms with van der Waals surface area (Å²) in [5.41, 5.74) is 5.45. The predicted molar refractivity (Wildman–Crippen MR) is 61.0 cm³/mol. The van der Waals surface area contributed by atoms with Crippen LogP contribution in [0.2, 0.25) is 0 Å². The number of halogens is 1. The van der Waals surface area contributed by atoms with Gasteiger partial charge in [-0.3, -0.25) is 4.79 Å². The van der Waals surface area contributed by atoms with Gasteiger partial charge in [0, 0.05) is 24.2 Å². The highest BCUT2D eigenvalue weighted by Gasteiger charge is 2.32. The van der Waals surface area contributed by atoms with Crippen LogP contribution in [-0.2, 0) is 11.3 Å². The van der Waals surface area contributed by atoms with E-state index >= 15 is 0 Å². The Labute approximate surface area is 98.9 Å². The van der Waals surface area contributed by atoms with Crippen molar-refractivity contribution in [1.82, 2.24) is 5.32 Å². The molecule has 1 saturated heterocycles. The third-order valence-corrected chi connectivity index (χ3v) is 2.91. The molecule has 0 aromatic heterocycles. The van der Waals surface area contributed by atoms with Crippen LogP contribution in [0.3, 0.4) is 0 Å². The van der Waals surface area contributed by atoms with Crippen molar-refractivity contribution in [3.63, 3.8) is 0 Å². The summed E-state index contributed by atoms with van der Waals surface area (Å²) >= 11 is 0. The van der Waals surface area contributed by atoms with Gasteiger partial charge in [0.1, 0.15) is 5.82 Å². The van der Waals surface area contributed by atoms with Crippen LogP contribution in [0.5, 0.6) is 0 Å². The molecule has 2 rings (SSSR count). The number of carbonyl (C=O) groups excluding carboxylic acids is 1. The lowest BCUT2D eigenvalue weighted by molar-refractivity contribution is -0.0775. The lowest BCUT2D eigenvalue weighted by Crippen LogP contribution is -2.58. The maximum atomic E-state index is 13.6. The fourth-order valence-electron chi connectivity index (χ4n) is 1.65. The largest absolute Gasteiger partial charge is 0.368 e. The Morgan fingerprint density at radius 1 is 1.59 bits per heavy atom. The zero-order chi connectivity index (χ0) is 12.5. The topological polar surface area (TPSA) is 64.3 Å². The van der Waals surface area contributed by atoms with Crippen molar-refractivity contribution < 1.29 is 13.9 Å². The number of carbonyl (C=O) groups is 1. The first kappa shape index (κ1) is 12.0. The summed E-state index contributed by atoms with van der Waals surface area (Å²) in [5, 5.41) is 3.10. The number of amides is 1. The number of rotatable bonds is 4. The number of nitrogens with two attached hydrogens (primary N) is 1. The highest BCUT2D eigenvalue weighted by molar-refractivity contribution is 5.92. The standard InChI is InChI=1S/C12H15FN2O2/c1-12(6-15-7-12)17-5-9-3-2-8(11(14)16)4-10(9)13/h2-4,15H,5-7H2,1H3,(H2,14,16). The van der Waals surface area contributed by atoms with Gasteiger partial charge in [0.05, 0.1) is 12.2 Å². The third-order valence-electron chi connectivity index (χ3n) is 2.91. The molecule has 1 aromatic rings. The Bertz CT molecular complexity index is 444. The average molecular weight is 238 g/mol. The highest BCUT2D eigenvalue weighted by atomic mass is 19.1. The van der Waals surface area contributed by atoms with E-state index in [2.05, 4.69) is 5.32 Å². The fraction of sp³-hybridized carbons (Fsp3) is 0.417. The summed E-state index contributed by atoms with van der Waals surface area (Å²) < 4.78 is 19.2. The van der Waals surface area contributed by atoms with E-state index in [1.165, 1.54) is 12.1 Å². The van der Waals surface area contributed by atoms with Crippen molar-refractivity contribution in [2.24, 2.45) is 5.73 Å². The Kier molecular flexibility index (Phi) is 3.13. The van der Waals surface area contributed by atoms with Crippen LogP contribution in [0.25, 0.3) is 0 Å². The van der Waals surface area contributed by atoms with Gasteiger partial charge in [-0.2, -0.15) is 0 Å². The normalized spacial score (nSPS) is 17.5. The average Bonchev–Trinajstić information content (AvgIpc) is 2.24. The van der Waals surface area contributed by atoms with Crippen LogP contribution in [-0.4, -0.2) is 24.6 Å². The zero-order valence-corrected chi connectivity index (χ0v) is 9.63. The Morgan fingerprint density at radius 3 is 2.76 bits per heavy atom. The van der Waals surface area contributed by atoms with Gasteiger partial charge in [0.25, 0.3) is 0 Å². The first-order valence-corrected chi connectivity index (χ1v) is 5.43. The minimum Gasteiger partial charge on any atom is -0.368 e. The summed E-state index contributed by atoms with van der Waals surface area (Å²) in [5.74, 6) is -1.09. The van der Waals surface area contributed by atoms with Crippen molar-refractivity contribution in [1.29, 1.82) is 0 Å². The molecular formula is C12H15FN2O2. The molecule has 0 spiro atoms. The smallest absolute Gasteiger partial charge is 0.248 e. The number of hydrogen-bond donors (Lipinski definition) is 2. The van der Waals surface area contributed by atoms with Gasteiger partial charge in [-0.15, -0.1) is 0 Å². The van der Waals surface area contributed by atoms with Crippen LogP contribution in [0.1, 0.15) is 22.8 Å². The Morgan fingerprint density at radius 2 is 2.29 bits per heavy atom. The van der Waals surface area contributed by atoms with E-state index in [-0.39, 0.29) is 17.8 Å². The zero-order valence-electron chi connectivity index (χ0n) is 9.63. The summed E-state index contributed by atoms with van der Waals surface area (Å²) in [7, 11) is 0. The SMILES string of the molecule is CC1(OCc2ccc(C(N)=O)cc2F)CNC1. The molecule has 0 bridgehead atoms. The van der Waals surface area contributed by atoms with Crippen molar-refractivity contribution in [3.8, 4) is 0 Å². The van der Waals surface area contributed by atoms with Crippen LogP contribution in [0.15, 0.2) is 18.2 Å². The maximum absolute atomic E-state index is 13.6. The molecule has 92 valence electrons. The van der Waals surface area contributed by atoms with E-state index in [0.29, 0.717) is 5.56 Å². The van der Waals surface area contributed by atoms with Crippen LogP contribution in [0, 0.1) is 5.82 Å². The van der Waals surface area contributed by atoms with Gasteiger partial charge in [-0.25, -0.2) is 4.39 Å². The van der Waals surface area contributed by atoms with Gasteiger partial charge < -0.3 is 15.8 Å². The third kappa shape index (κ3) is 2.62. The van der Waals surface area contributed by atoms with Crippen LogP contribution in [0.4, 0.5) is 4.39 Å². The molecule has 5 heteroatoms. The molecule has 17 heavy (non-hydrogen) atoms. The first-order chi connectivity index (χ1) is 8.00. The molecule has 0 saturated carbocycles. The summed E-state index contributed by atoms with van der Waals surface area (Å²) in [6.07, 6.45) is 0. The predicted octanol–water partition coefficient (Wildman–Crippen LogP) is 0.803. The minimum atomic E-state index is -0.633. The molecule has 0 aliphatic carbocycles. The van der Waals surface area contributed by atoms with Crippen molar-refractivity contribution in [3.05, 3.63) is 35.1 Å². The minimum absolute atomic E-state index is 0.169. The van der Waals surface area contributed by atoms with E-state index < -0.39 is 11.7 Å². The molecule has 1 amide bonds.